The van der Waals surface area contributed by atoms with Crippen molar-refractivity contribution in [3.05, 3.63) is 52.8 Å². The van der Waals surface area contributed by atoms with Crippen LogP contribution in [-0.2, 0) is 29.4 Å². The Labute approximate surface area is 182 Å². The van der Waals surface area contributed by atoms with Crippen LogP contribution in [0.25, 0.3) is 0 Å². The topological polar surface area (TPSA) is 118 Å². The van der Waals surface area contributed by atoms with Gasteiger partial charge < -0.3 is 15.3 Å². The first-order valence-corrected chi connectivity index (χ1v) is 12.0. The number of aromatic hydroxyl groups is 3. The molecule has 0 spiro atoms. The Balaban J connectivity index is 0.000000614. The minimum atomic E-state index is -3.67. The number of halogens is 1. The molecule has 0 saturated carbocycles. The maximum Gasteiger partial charge on any atom is 0.261 e. The molecule has 31 heavy (non-hydrogen) atoms. The SMILES string of the molecule is CCCN(CCc1ccc(O)cc1)C1CCc2c(cc(O)c(O)c2F)C1.CS(=O)(=O)O. The van der Waals surface area contributed by atoms with Gasteiger partial charge in [0.05, 0.1) is 6.26 Å². The molecule has 0 radical (unpaired) electrons. The predicted molar refractivity (Wildman–Crippen MR) is 117 cm³/mol. The molecule has 0 saturated heterocycles. The molecule has 1 aliphatic carbocycles. The number of hydrogen-bond donors (Lipinski definition) is 4. The predicted octanol–water partition coefficient (Wildman–Crippen LogP) is 3.26. The lowest BCUT2D eigenvalue weighted by molar-refractivity contribution is 0.180. The van der Waals surface area contributed by atoms with E-state index in [2.05, 4.69) is 11.8 Å². The first kappa shape index (κ1) is 24.9. The molecule has 1 atom stereocenters. The van der Waals surface area contributed by atoms with Crippen molar-refractivity contribution < 1.29 is 32.7 Å². The molecule has 3 rings (SSSR count). The van der Waals surface area contributed by atoms with Crippen molar-refractivity contribution >= 4 is 10.1 Å². The molecule has 0 aliphatic heterocycles. The molecule has 0 aromatic heterocycles. The molecule has 172 valence electrons. The Morgan fingerprint density at radius 2 is 1.74 bits per heavy atom. The number of benzene rings is 2. The van der Waals surface area contributed by atoms with Crippen LogP contribution in [0.15, 0.2) is 30.3 Å². The highest BCUT2D eigenvalue weighted by Crippen LogP contribution is 2.37. The van der Waals surface area contributed by atoms with E-state index in [1.165, 1.54) is 11.6 Å². The molecule has 0 fully saturated rings. The largest absolute Gasteiger partial charge is 0.508 e. The molecule has 7 nitrogen and oxygen atoms in total. The average Bonchev–Trinajstić information content (AvgIpc) is 2.69. The highest BCUT2D eigenvalue weighted by molar-refractivity contribution is 7.85. The summed E-state index contributed by atoms with van der Waals surface area (Å²) >= 11 is 0. The van der Waals surface area contributed by atoms with Gasteiger partial charge in [0.25, 0.3) is 10.1 Å². The van der Waals surface area contributed by atoms with Gasteiger partial charge >= 0.3 is 0 Å². The third-order valence-corrected chi connectivity index (χ3v) is 5.25. The van der Waals surface area contributed by atoms with Gasteiger partial charge in [-0.05, 0) is 73.5 Å². The summed E-state index contributed by atoms with van der Waals surface area (Å²) in [6.07, 6.45) is 4.72. The Hall–Kier alpha value is -2.36. The fraction of sp³-hybridized carbons (Fsp3) is 0.455. The lowest BCUT2D eigenvalue weighted by Gasteiger charge is -2.35. The van der Waals surface area contributed by atoms with Crippen LogP contribution in [0.1, 0.15) is 36.5 Å². The van der Waals surface area contributed by atoms with E-state index in [1.807, 2.05) is 12.1 Å². The first-order valence-electron chi connectivity index (χ1n) is 10.2. The third kappa shape index (κ3) is 7.68. The Morgan fingerprint density at radius 3 is 2.32 bits per heavy atom. The molecule has 1 aliphatic rings. The van der Waals surface area contributed by atoms with Gasteiger partial charge in [0.15, 0.2) is 17.3 Å². The van der Waals surface area contributed by atoms with Crippen LogP contribution in [0.3, 0.4) is 0 Å². The molecular weight excluding hydrogens is 425 g/mol. The first-order chi connectivity index (χ1) is 14.5. The van der Waals surface area contributed by atoms with Crippen LogP contribution in [0.5, 0.6) is 17.2 Å². The van der Waals surface area contributed by atoms with Crippen LogP contribution in [0.4, 0.5) is 4.39 Å². The summed E-state index contributed by atoms with van der Waals surface area (Å²) in [5, 5.41) is 28.7. The van der Waals surface area contributed by atoms with Gasteiger partial charge in [0.1, 0.15) is 5.75 Å². The molecule has 0 bridgehead atoms. The summed E-state index contributed by atoms with van der Waals surface area (Å²) in [5.74, 6) is -1.43. The number of phenolic OH excluding ortho intramolecular Hbond substituents is 3. The van der Waals surface area contributed by atoms with Gasteiger partial charge in [-0.2, -0.15) is 8.42 Å². The van der Waals surface area contributed by atoms with E-state index >= 15 is 0 Å². The average molecular weight is 456 g/mol. The van der Waals surface area contributed by atoms with Crippen molar-refractivity contribution in [1.82, 2.24) is 4.90 Å². The van der Waals surface area contributed by atoms with E-state index in [-0.39, 0.29) is 11.5 Å². The van der Waals surface area contributed by atoms with E-state index in [0.29, 0.717) is 30.7 Å². The number of rotatable bonds is 6. The Morgan fingerprint density at radius 1 is 1.13 bits per heavy atom. The van der Waals surface area contributed by atoms with Gasteiger partial charge in [-0.15, -0.1) is 0 Å². The summed E-state index contributed by atoms with van der Waals surface area (Å²) in [6.45, 7) is 4.00. The molecule has 0 heterocycles. The number of fused-ring (bicyclic) bond motifs is 1. The summed E-state index contributed by atoms with van der Waals surface area (Å²) in [7, 11) is -3.67. The molecule has 2 aromatic carbocycles. The lowest BCUT2D eigenvalue weighted by atomic mass is 9.86. The molecule has 2 aromatic rings. The van der Waals surface area contributed by atoms with E-state index < -0.39 is 21.7 Å². The van der Waals surface area contributed by atoms with Gasteiger partial charge in [0, 0.05) is 12.6 Å². The van der Waals surface area contributed by atoms with Crippen molar-refractivity contribution in [3.63, 3.8) is 0 Å². The molecule has 9 heteroatoms. The van der Waals surface area contributed by atoms with Crippen molar-refractivity contribution in [2.75, 3.05) is 19.3 Å². The fourth-order valence-corrected chi connectivity index (χ4v) is 3.85. The highest BCUT2D eigenvalue weighted by atomic mass is 32.2. The highest BCUT2D eigenvalue weighted by Gasteiger charge is 2.28. The van der Waals surface area contributed by atoms with Gasteiger partial charge in [-0.25, -0.2) is 4.39 Å². The minimum Gasteiger partial charge on any atom is -0.508 e. The standard InChI is InChI=1S/C21H26FNO3.CH4O3S/c1-2-10-23(11-9-14-3-6-17(24)7-4-14)16-5-8-18-15(12-16)13-19(25)21(26)20(18)22;1-5(2,3)4/h3-4,6-7,13,16,24-26H,2,5,8-12H2,1H3;1H3,(H,2,3,4). The molecule has 4 N–H and O–H groups in total. The van der Waals surface area contributed by atoms with Crippen LogP contribution in [-0.4, -0.2) is 58.6 Å². The lowest BCUT2D eigenvalue weighted by Crippen LogP contribution is -2.41. The van der Waals surface area contributed by atoms with Crippen LogP contribution >= 0.6 is 0 Å². The zero-order valence-corrected chi connectivity index (χ0v) is 18.6. The normalized spacial score (nSPS) is 15.8. The van der Waals surface area contributed by atoms with Gasteiger partial charge in [-0.3, -0.25) is 9.45 Å². The second kappa shape index (κ2) is 10.8. The minimum absolute atomic E-state index is 0.271. The van der Waals surface area contributed by atoms with Crippen molar-refractivity contribution in [1.29, 1.82) is 0 Å². The van der Waals surface area contributed by atoms with E-state index in [0.717, 1.165) is 37.9 Å². The monoisotopic (exact) mass is 455 g/mol. The van der Waals surface area contributed by atoms with Crippen LogP contribution < -0.4 is 0 Å². The summed E-state index contributed by atoms with van der Waals surface area (Å²) in [4.78, 5) is 2.43. The summed E-state index contributed by atoms with van der Waals surface area (Å²) in [5.41, 5.74) is 2.50. The van der Waals surface area contributed by atoms with Crippen LogP contribution in [0, 0.1) is 5.82 Å². The number of hydrogen-bond acceptors (Lipinski definition) is 6. The molecular formula is C22H30FNO6S. The zero-order valence-electron chi connectivity index (χ0n) is 17.8. The second-order valence-corrected chi connectivity index (χ2v) is 9.24. The van der Waals surface area contributed by atoms with Crippen molar-refractivity contribution in [2.45, 2.75) is 45.1 Å². The third-order valence-electron chi connectivity index (χ3n) is 5.25. The Bertz CT molecular complexity index is 970. The second-order valence-electron chi connectivity index (χ2n) is 7.78. The smallest absolute Gasteiger partial charge is 0.261 e. The number of phenols is 3. The van der Waals surface area contributed by atoms with E-state index in [4.69, 9.17) is 4.55 Å². The maximum atomic E-state index is 14.2. The molecule has 0 amide bonds. The summed E-state index contributed by atoms with van der Waals surface area (Å²) < 4.78 is 40.0. The zero-order chi connectivity index (χ0) is 23.2. The Kier molecular flexibility index (Phi) is 8.67. The maximum absolute atomic E-state index is 14.2. The summed E-state index contributed by atoms with van der Waals surface area (Å²) in [6, 6.07) is 9.08. The van der Waals surface area contributed by atoms with Crippen molar-refractivity contribution in [2.24, 2.45) is 0 Å². The number of nitrogens with zero attached hydrogens (tertiary/aromatic N) is 1. The fourth-order valence-electron chi connectivity index (χ4n) is 3.85. The van der Waals surface area contributed by atoms with Crippen molar-refractivity contribution in [3.8, 4) is 17.2 Å². The van der Waals surface area contributed by atoms with E-state index in [1.54, 1.807) is 12.1 Å². The van der Waals surface area contributed by atoms with E-state index in [9.17, 15) is 28.1 Å². The quantitative estimate of drug-likeness (QED) is 0.390. The van der Waals surface area contributed by atoms with Gasteiger partial charge in [-0.1, -0.05) is 19.1 Å². The van der Waals surface area contributed by atoms with Gasteiger partial charge in [0.2, 0.25) is 0 Å². The molecule has 1 unspecified atom stereocenters. The van der Waals surface area contributed by atoms with Crippen LogP contribution in [0.2, 0.25) is 0 Å².